The van der Waals surface area contributed by atoms with Crippen LogP contribution in [-0.2, 0) is 11.2 Å². The highest BCUT2D eigenvalue weighted by Crippen LogP contribution is 2.10. The molecule has 0 aliphatic heterocycles. The summed E-state index contributed by atoms with van der Waals surface area (Å²) in [6, 6.07) is 2.86. The van der Waals surface area contributed by atoms with Crippen LogP contribution in [0.25, 0.3) is 0 Å². The largest absolute Gasteiger partial charge is 0.352 e. The van der Waals surface area contributed by atoms with Crippen LogP contribution < -0.4 is 11.1 Å². The lowest BCUT2D eigenvalue weighted by molar-refractivity contribution is -0.121. The Kier molecular flexibility index (Phi) is 4.37. The van der Waals surface area contributed by atoms with Gasteiger partial charge in [-0.2, -0.15) is 0 Å². The summed E-state index contributed by atoms with van der Waals surface area (Å²) in [6.45, 7) is 2.04. The molecule has 3 N–H and O–H groups in total. The second-order valence-corrected chi connectivity index (χ2v) is 3.62. The summed E-state index contributed by atoms with van der Waals surface area (Å²) in [5, 5.41) is 2.57. The molecule has 0 aromatic heterocycles. The van der Waals surface area contributed by atoms with Crippen molar-refractivity contribution in [3.63, 3.8) is 0 Å². The average molecular weight is 228 g/mol. The molecule has 1 aromatic carbocycles. The molecule has 1 aromatic rings. The number of halogens is 2. The first-order chi connectivity index (χ1) is 7.52. The second kappa shape index (κ2) is 5.55. The molecule has 16 heavy (non-hydrogen) atoms. The van der Waals surface area contributed by atoms with Gasteiger partial charge in [0, 0.05) is 18.2 Å². The number of nitrogens with two attached hydrogens (primary N) is 1. The first-order valence-corrected chi connectivity index (χ1v) is 4.96. The van der Waals surface area contributed by atoms with Crippen LogP contribution in [-0.4, -0.2) is 18.5 Å². The molecule has 0 heterocycles. The lowest BCUT2D eigenvalue weighted by atomic mass is 10.1. The van der Waals surface area contributed by atoms with Gasteiger partial charge in [0.15, 0.2) is 0 Å². The van der Waals surface area contributed by atoms with Gasteiger partial charge in [-0.05, 0) is 25.1 Å². The Morgan fingerprint density at radius 2 is 2.19 bits per heavy atom. The Labute approximate surface area is 92.6 Å². The molecule has 88 valence electrons. The zero-order valence-corrected chi connectivity index (χ0v) is 8.97. The van der Waals surface area contributed by atoms with E-state index in [1.54, 1.807) is 6.92 Å². The van der Waals surface area contributed by atoms with Crippen LogP contribution >= 0.6 is 0 Å². The highest BCUT2D eigenvalue weighted by atomic mass is 19.1. The van der Waals surface area contributed by atoms with E-state index in [0.29, 0.717) is 6.54 Å². The van der Waals surface area contributed by atoms with Gasteiger partial charge >= 0.3 is 0 Å². The first-order valence-electron chi connectivity index (χ1n) is 4.96. The number of carbonyl (C=O) groups excluding carboxylic acids is 1. The van der Waals surface area contributed by atoms with Crippen LogP contribution in [0.5, 0.6) is 0 Å². The third-order valence-corrected chi connectivity index (χ3v) is 2.12. The number of nitrogens with one attached hydrogen (secondary N) is 1. The third kappa shape index (κ3) is 3.58. The zero-order valence-electron chi connectivity index (χ0n) is 8.97. The number of benzene rings is 1. The van der Waals surface area contributed by atoms with Gasteiger partial charge in [-0.3, -0.25) is 4.79 Å². The summed E-state index contributed by atoms with van der Waals surface area (Å²) in [4.78, 5) is 11.4. The third-order valence-electron chi connectivity index (χ3n) is 2.12. The fraction of sp³-hybridized carbons (Fsp3) is 0.364. The highest BCUT2D eigenvalue weighted by molar-refractivity contribution is 5.78. The van der Waals surface area contributed by atoms with Gasteiger partial charge in [0.2, 0.25) is 5.91 Å². The van der Waals surface area contributed by atoms with Crippen molar-refractivity contribution in [3.8, 4) is 0 Å². The molecular weight excluding hydrogens is 214 g/mol. The van der Waals surface area contributed by atoms with Crippen molar-refractivity contribution in [1.29, 1.82) is 0 Å². The van der Waals surface area contributed by atoms with Crippen LogP contribution in [0.3, 0.4) is 0 Å². The minimum absolute atomic E-state index is 0.0433. The number of hydrogen-bond acceptors (Lipinski definition) is 2. The SMILES string of the molecule is C[C@@H](CN)NC(=O)Cc1cc(F)ccc1F. The maximum atomic E-state index is 13.2. The van der Waals surface area contributed by atoms with Crippen molar-refractivity contribution in [2.24, 2.45) is 5.73 Å². The Bertz CT molecular complexity index is 382. The van der Waals surface area contributed by atoms with Crippen LogP contribution in [0, 0.1) is 11.6 Å². The zero-order chi connectivity index (χ0) is 12.1. The normalized spacial score (nSPS) is 12.2. The Morgan fingerprint density at radius 3 is 2.81 bits per heavy atom. The van der Waals surface area contributed by atoms with Crippen molar-refractivity contribution < 1.29 is 13.6 Å². The molecular formula is C11H14F2N2O. The summed E-state index contributed by atoms with van der Waals surface area (Å²) in [7, 11) is 0. The average Bonchev–Trinajstić information content (AvgIpc) is 2.23. The Balaban J connectivity index is 2.65. The van der Waals surface area contributed by atoms with Crippen LogP contribution in [0.1, 0.15) is 12.5 Å². The Morgan fingerprint density at radius 1 is 1.50 bits per heavy atom. The van der Waals surface area contributed by atoms with Gasteiger partial charge in [0.25, 0.3) is 0 Å². The van der Waals surface area contributed by atoms with Crippen molar-refractivity contribution >= 4 is 5.91 Å². The van der Waals surface area contributed by atoms with Crippen LogP contribution in [0.2, 0.25) is 0 Å². The molecule has 0 saturated heterocycles. The van der Waals surface area contributed by atoms with E-state index in [0.717, 1.165) is 18.2 Å². The monoisotopic (exact) mass is 228 g/mol. The first kappa shape index (κ1) is 12.6. The maximum Gasteiger partial charge on any atom is 0.224 e. The van der Waals surface area contributed by atoms with Gasteiger partial charge in [0.05, 0.1) is 6.42 Å². The maximum absolute atomic E-state index is 13.2. The van der Waals surface area contributed by atoms with Crippen LogP contribution in [0.15, 0.2) is 18.2 Å². The lowest BCUT2D eigenvalue weighted by Crippen LogP contribution is -2.38. The highest BCUT2D eigenvalue weighted by Gasteiger charge is 2.10. The summed E-state index contributed by atoms with van der Waals surface area (Å²) in [5.41, 5.74) is 5.36. The van der Waals surface area contributed by atoms with Crippen molar-refractivity contribution in [1.82, 2.24) is 5.32 Å². The molecule has 0 bridgehead atoms. The summed E-state index contributed by atoms with van der Waals surface area (Å²) in [5.74, 6) is -1.52. The van der Waals surface area contributed by atoms with E-state index in [1.807, 2.05) is 0 Å². The van der Waals surface area contributed by atoms with Gasteiger partial charge in [0.1, 0.15) is 11.6 Å². The summed E-state index contributed by atoms with van der Waals surface area (Å²) in [6.07, 6.45) is -0.187. The molecule has 0 radical (unpaired) electrons. The molecule has 5 heteroatoms. The lowest BCUT2D eigenvalue weighted by Gasteiger charge is -2.11. The number of rotatable bonds is 4. The summed E-state index contributed by atoms with van der Waals surface area (Å²) >= 11 is 0. The predicted octanol–water partition coefficient (Wildman–Crippen LogP) is 0.971. The standard InChI is InChI=1S/C11H14F2N2O/c1-7(6-14)15-11(16)5-8-4-9(12)2-3-10(8)13/h2-4,7H,5-6,14H2,1H3,(H,15,16)/t7-/m0/s1. The molecule has 1 rings (SSSR count). The topological polar surface area (TPSA) is 55.1 Å². The van der Waals surface area contributed by atoms with Crippen molar-refractivity contribution in [2.75, 3.05) is 6.54 Å². The van der Waals surface area contributed by atoms with E-state index in [-0.39, 0.29) is 23.9 Å². The molecule has 0 aliphatic rings. The summed E-state index contributed by atoms with van der Waals surface area (Å²) < 4.78 is 26.0. The number of carbonyl (C=O) groups is 1. The minimum atomic E-state index is -0.586. The molecule has 0 aliphatic carbocycles. The van der Waals surface area contributed by atoms with Crippen molar-refractivity contribution in [2.45, 2.75) is 19.4 Å². The molecule has 0 saturated carbocycles. The fourth-order valence-electron chi connectivity index (χ4n) is 1.24. The molecule has 0 spiro atoms. The molecule has 3 nitrogen and oxygen atoms in total. The van der Waals surface area contributed by atoms with Crippen molar-refractivity contribution in [3.05, 3.63) is 35.4 Å². The van der Waals surface area contributed by atoms with E-state index >= 15 is 0 Å². The smallest absolute Gasteiger partial charge is 0.224 e. The van der Waals surface area contributed by atoms with E-state index in [1.165, 1.54) is 0 Å². The van der Waals surface area contributed by atoms with E-state index in [2.05, 4.69) is 5.32 Å². The predicted molar refractivity (Wildman–Crippen MR) is 56.7 cm³/mol. The van der Waals surface area contributed by atoms with Gasteiger partial charge in [-0.1, -0.05) is 0 Å². The number of hydrogen-bond donors (Lipinski definition) is 2. The molecule has 0 fully saturated rings. The quantitative estimate of drug-likeness (QED) is 0.806. The molecule has 0 unspecified atom stereocenters. The van der Waals surface area contributed by atoms with Crippen LogP contribution in [0.4, 0.5) is 8.78 Å². The fourth-order valence-corrected chi connectivity index (χ4v) is 1.24. The second-order valence-electron chi connectivity index (χ2n) is 3.62. The molecule has 1 amide bonds. The van der Waals surface area contributed by atoms with E-state index in [9.17, 15) is 13.6 Å². The molecule has 1 atom stereocenters. The van der Waals surface area contributed by atoms with Gasteiger partial charge < -0.3 is 11.1 Å². The van der Waals surface area contributed by atoms with Gasteiger partial charge in [-0.15, -0.1) is 0 Å². The van der Waals surface area contributed by atoms with E-state index < -0.39 is 11.6 Å². The number of amides is 1. The Hall–Kier alpha value is -1.49. The van der Waals surface area contributed by atoms with E-state index in [4.69, 9.17) is 5.73 Å². The minimum Gasteiger partial charge on any atom is -0.352 e. The van der Waals surface area contributed by atoms with Gasteiger partial charge in [-0.25, -0.2) is 8.78 Å².